The number of nitrogens with one attached hydrogen (secondary N) is 2. The van der Waals surface area contributed by atoms with E-state index in [1.54, 1.807) is 6.20 Å². The van der Waals surface area contributed by atoms with Crippen molar-refractivity contribution in [3.63, 3.8) is 0 Å². The van der Waals surface area contributed by atoms with Gasteiger partial charge in [0, 0.05) is 55.3 Å². The summed E-state index contributed by atoms with van der Waals surface area (Å²) in [6, 6.07) is 9.88. The van der Waals surface area contributed by atoms with Gasteiger partial charge in [0.25, 0.3) is 5.91 Å². The largest absolute Gasteiger partial charge is 0.381 e. The number of benzene rings is 1. The Morgan fingerprint density at radius 2 is 2.06 bits per heavy atom. The first-order valence-electron chi connectivity index (χ1n) is 11.0. The lowest BCUT2D eigenvalue weighted by atomic mass is 10.1. The summed E-state index contributed by atoms with van der Waals surface area (Å²) in [5, 5.41) is 4.22. The van der Waals surface area contributed by atoms with Crippen LogP contribution in [0.25, 0.3) is 16.6 Å². The first-order chi connectivity index (χ1) is 15.7. The van der Waals surface area contributed by atoms with Crippen LogP contribution in [-0.4, -0.2) is 58.3 Å². The van der Waals surface area contributed by atoms with Gasteiger partial charge in [0.2, 0.25) is 5.95 Å². The Hall–Kier alpha value is -3.52. The lowest BCUT2D eigenvalue weighted by Crippen LogP contribution is -2.40. The van der Waals surface area contributed by atoms with E-state index < -0.39 is 0 Å². The summed E-state index contributed by atoms with van der Waals surface area (Å²) in [6.45, 7) is 1.41. The van der Waals surface area contributed by atoms with Crippen molar-refractivity contribution in [1.29, 1.82) is 0 Å². The third-order valence-electron chi connectivity index (χ3n) is 5.95. The Bertz CT molecular complexity index is 1190. The quantitative estimate of drug-likeness (QED) is 0.634. The van der Waals surface area contributed by atoms with Gasteiger partial charge >= 0.3 is 0 Å². The lowest BCUT2D eigenvalue weighted by Gasteiger charge is -2.30. The molecule has 164 valence electrons. The lowest BCUT2D eigenvalue weighted by molar-refractivity contribution is 0.0359. The second-order valence-electron chi connectivity index (χ2n) is 8.11. The van der Waals surface area contributed by atoms with Gasteiger partial charge in [0.1, 0.15) is 5.69 Å². The molecular weight excluding hydrogens is 404 g/mol. The molecule has 0 saturated carbocycles. The van der Waals surface area contributed by atoms with Gasteiger partial charge < -0.3 is 19.9 Å². The van der Waals surface area contributed by atoms with Crippen molar-refractivity contribution in [2.75, 3.05) is 25.6 Å². The van der Waals surface area contributed by atoms with E-state index in [4.69, 9.17) is 4.74 Å². The summed E-state index contributed by atoms with van der Waals surface area (Å²) >= 11 is 0. The normalized spacial score (nSPS) is 16.7. The summed E-state index contributed by atoms with van der Waals surface area (Å²) in [7, 11) is 1.87. The molecular formula is C24H26N6O2. The summed E-state index contributed by atoms with van der Waals surface area (Å²) < 4.78 is 5.41. The van der Waals surface area contributed by atoms with E-state index >= 15 is 0 Å². The van der Waals surface area contributed by atoms with Crippen LogP contribution in [0.1, 0.15) is 41.9 Å². The SMILES string of the molecule is CN(C(=O)c1cc2cc(Nc3nccc(C4=CCCC=N4)n3)ccc2[nH]1)C1CCOCC1. The topological polar surface area (TPSA) is 95.5 Å². The van der Waals surface area contributed by atoms with Gasteiger partial charge in [-0.05, 0) is 56.0 Å². The molecule has 3 aromatic rings. The molecule has 2 aliphatic rings. The number of carbonyl (C=O) groups excluding carboxylic acids is 1. The van der Waals surface area contributed by atoms with Crippen molar-refractivity contribution in [1.82, 2.24) is 19.9 Å². The molecule has 2 aliphatic heterocycles. The maximum absolute atomic E-state index is 13.0. The van der Waals surface area contributed by atoms with Crippen LogP contribution in [-0.2, 0) is 4.74 Å². The monoisotopic (exact) mass is 430 g/mol. The molecule has 8 nitrogen and oxygen atoms in total. The van der Waals surface area contributed by atoms with Gasteiger partial charge in [-0.2, -0.15) is 0 Å². The van der Waals surface area contributed by atoms with E-state index in [0.29, 0.717) is 24.9 Å². The van der Waals surface area contributed by atoms with Crippen molar-refractivity contribution < 1.29 is 9.53 Å². The summed E-state index contributed by atoms with van der Waals surface area (Å²) in [4.78, 5) is 31.4. The van der Waals surface area contributed by atoms with Gasteiger partial charge in [0.05, 0.1) is 11.4 Å². The van der Waals surface area contributed by atoms with Crippen LogP contribution in [0.4, 0.5) is 11.6 Å². The molecule has 0 aliphatic carbocycles. The number of rotatable bonds is 5. The van der Waals surface area contributed by atoms with Gasteiger partial charge in [-0.15, -0.1) is 0 Å². The predicted molar refractivity (Wildman–Crippen MR) is 125 cm³/mol. The number of hydrogen-bond acceptors (Lipinski definition) is 6. The molecule has 2 aromatic heterocycles. The van der Waals surface area contributed by atoms with Crippen LogP contribution >= 0.6 is 0 Å². The Morgan fingerprint density at radius 1 is 1.19 bits per heavy atom. The van der Waals surface area contributed by atoms with Crippen LogP contribution in [0, 0.1) is 0 Å². The van der Waals surface area contributed by atoms with Crippen molar-refractivity contribution in [3.05, 3.63) is 54.0 Å². The van der Waals surface area contributed by atoms with E-state index in [1.165, 1.54) is 0 Å². The average molecular weight is 431 g/mol. The molecule has 1 aromatic carbocycles. The number of nitrogens with zero attached hydrogens (tertiary/aromatic N) is 4. The smallest absolute Gasteiger partial charge is 0.270 e. The number of amides is 1. The molecule has 0 unspecified atom stereocenters. The standard InChI is InChI=1S/C24H26N6O2/c1-30(18-8-12-32-13-9-18)23(31)22-15-16-14-17(5-6-19(16)28-22)27-24-26-11-7-21(29-24)20-4-2-3-10-25-20/h4-7,10-11,14-15,18,28H,2-3,8-9,12-13H2,1H3,(H,26,27,29). The predicted octanol–water partition coefficient (Wildman–Crippen LogP) is 4.16. The van der Waals surface area contributed by atoms with E-state index in [-0.39, 0.29) is 11.9 Å². The Labute approximate surface area is 186 Å². The Balaban J connectivity index is 1.34. The molecule has 32 heavy (non-hydrogen) atoms. The molecule has 2 N–H and O–H groups in total. The van der Waals surface area contributed by atoms with Crippen LogP contribution in [0.3, 0.4) is 0 Å². The van der Waals surface area contributed by atoms with Crippen LogP contribution < -0.4 is 5.32 Å². The number of anilines is 2. The molecule has 0 spiro atoms. The van der Waals surface area contributed by atoms with E-state index in [0.717, 1.165) is 53.7 Å². The number of fused-ring (bicyclic) bond motifs is 1. The first-order valence-corrected chi connectivity index (χ1v) is 11.0. The van der Waals surface area contributed by atoms with Crippen LogP contribution in [0.15, 0.2) is 47.6 Å². The molecule has 1 fully saturated rings. The van der Waals surface area contributed by atoms with Gasteiger partial charge in [-0.25, -0.2) is 9.97 Å². The zero-order valence-electron chi connectivity index (χ0n) is 18.0. The maximum Gasteiger partial charge on any atom is 0.270 e. The first kappa shape index (κ1) is 20.4. The van der Waals surface area contributed by atoms with Crippen LogP contribution in [0.5, 0.6) is 0 Å². The minimum absolute atomic E-state index is 0.0000415. The number of aromatic nitrogens is 3. The van der Waals surface area contributed by atoms with Gasteiger partial charge in [0.15, 0.2) is 0 Å². The number of hydrogen-bond donors (Lipinski definition) is 2. The second-order valence-corrected chi connectivity index (χ2v) is 8.11. The molecule has 4 heterocycles. The molecule has 1 amide bonds. The fourth-order valence-electron chi connectivity index (χ4n) is 4.13. The minimum atomic E-state index is -0.0000415. The second kappa shape index (κ2) is 8.92. The minimum Gasteiger partial charge on any atom is -0.381 e. The summed E-state index contributed by atoms with van der Waals surface area (Å²) in [5.74, 6) is 0.509. The molecule has 1 saturated heterocycles. The molecule has 0 radical (unpaired) electrons. The number of aromatic amines is 1. The Kier molecular flexibility index (Phi) is 5.68. The van der Waals surface area contributed by atoms with Crippen LogP contribution in [0.2, 0.25) is 0 Å². The Morgan fingerprint density at radius 3 is 2.88 bits per heavy atom. The van der Waals surface area contributed by atoms with E-state index in [9.17, 15) is 4.79 Å². The third kappa shape index (κ3) is 4.27. The highest BCUT2D eigenvalue weighted by Gasteiger charge is 2.24. The zero-order chi connectivity index (χ0) is 21.9. The van der Waals surface area contributed by atoms with Crippen molar-refractivity contribution in [2.45, 2.75) is 31.7 Å². The number of carbonyl (C=O) groups is 1. The maximum atomic E-state index is 13.0. The van der Waals surface area contributed by atoms with E-state index in [2.05, 4.69) is 31.3 Å². The molecule has 0 bridgehead atoms. The highest BCUT2D eigenvalue weighted by molar-refractivity contribution is 5.98. The number of aliphatic imine (C=N–C) groups is 1. The fourth-order valence-corrected chi connectivity index (χ4v) is 4.13. The average Bonchev–Trinajstić information content (AvgIpc) is 3.28. The fraction of sp³-hybridized carbons (Fsp3) is 0.333. The number of allylic oxidation sites excluding steroid dienone is 1. The summed E-state index contributed by atoms with van der Waals surface area (Å²) in [5.41, 5.74) is 4.03. The number of H-pyrrole nitrogens is 1. The summed E-state index contributed by atoms with van der Waals surface area (Å²) in [6.07, 6.45) is 9.42. The molecule has 5 rings (SSSR count). The third-order valence-corrected chi connectivity index (χ3v) is 5.95. The zero-order valence-corrected chi connectivity index (χ0v) is 18.0. The van der Waals surface area contributed by atoms with Gasteiger partial charge in [-0.3, -0.25) is 9.79 Å². The molecule has 8 heteroatoms. The van der Waals surface area contributed by atoms with E-state index in [1.807, 2.05) is 48.5 Å². The molecule has 0 atom stereocenters. The highest BCUT2D eigenvalue weighted by atomic mass is 16.5. The van der Waals surface area contributed by atoms with Crippen molar-refractivity contribution in [3.8, 4) is 0 Å². The van der Waals surface area contributed by atoms with Crippen molar-refractivity contribution >= 4 is 40.4 Å². The highest BCUT2D eigenvalue weighted by Crippen LogP contribution is 2.25. The van der Waals surface area contributed by atoms with Crippen molar-refractivity contribution in [2.24, 2.45) is 4.99 Å². The van der Waals surface area contributed by atoms with Gasteiger partial charge in [-0.1, -0.05) is 6.08 Å². The number of ether oxygens (including phenoxy) is 1.